The largest absolute Gasteiger partial charge is 0.480 e. The molecule has 2 atom stereocenters. The van der Waals surface area contributed by atoms with Crippen LogP contribution in [-0.2, 0) is 9.53 Å². The number of nitrogens with zero attached hydrogens (tertiary/aromatic N) is 2. The topological polar surface area (TPSA) is 92.9 Å². The van der Waals surface area contributed by atoms with Crippen LogP contribution in [-0.4, -0.2) is 52.7 Å². The van der Waals surface area contributed by atoms with Gasteiger partial charge < -0.3 is 19.2 Å². The number of ether oxygens (including phenoxy) is 1. The van der Waals surface area contributed by atoms with Gasteiger partial charge in [0, 0.05) is 20.1 Å². The Balaban J connectivity index is 2.23. The van der Waals surface area contributed by atoms with E-state index < -0.39 is 17.9 Å². The van der Waals surface area contributed by atoms with E-state index in [2.05, 4.69) is 4.98 Å². The van der Waals surface area contributed by atoms with Crippen molar-refractivity contribution >= 4 is 11.9 Å². The highest BCUT2D eigenvalue weighted by Crippen LogP contribution is 2.23. The molecule has 1 aliphatic rings. The number of aliphatic carboxylic acids is 1. The molecule has 0 aromatic carbocycles. The number of rotatable bonds is 3. The zero-order valence-electron chi connectivity index (χ0n) is 10.1. The van der Waals surface area contributed by atoms with Crippen LogP contribution in [0, 0.1) is 6.92 Å². The first-order chi connectivity index (χ1) is 8.54. The van der Waals surface area contributed by atoms with Gasteiger partial charge in [-0.2, -0.15) is 0 Å². The molecule has 2 unspecified atom stereocenters. The van der Waals surface area contributed by atoms with Crippen LogP contribution in [0.5, 0.6) is 0 Å². The molecule has 2 rings (SSSR count). The Labute approximate surface area is 103 Å². The minimum atomic E-state index is -1.04. The fraction of sp³-hybridized carbons (Fsp3) is 0.545. The first kappa shape index (κ1) is 12.6. The highest BCUT2D eigenvalue weighted by molar-refractivity contribution is 5.95. The number of carboxylic acids is 1. The molecule has 7 nitrogen and oxygen atoms in total. The average molecular weight is 254 g/mol. The van der Waals surface area contributed by atoms with Crippen molar-refractivity contribution in [3.63, 3.8) is 0 Å². The molecule has 7 heteroatoms. The van der Waals surface area contributed by atoms with E-state index in [-0.39, 0.29) is 24.8 Å². The van der Waals surface area contributed by atoms with Crippen LogP contribution in [0.15, 0.2) is 10.8 Å². The number of methoxy groups -OCH3 is 1. The number of oxazole rings is 1. The second-order valence-corrected chi connectivity index (χ2v) is 4.17. The molecule has 1 saturated heterocycles. The van der Waals surface area contributed by atoms with E-state index in [0.29, 0.717) is 5.69 Å². The zero-order valence-corrected chi connectivity index (χ0v) is 10.1. The SMILES string of the molecule is COC1CC(C(=O)O)N(C(=O)c2ocnc2C)C1. The maximum absolute atomic E-state index is 12.2. The lowest BCUT2D eigenvalue weighted by molar-refractivity contribution is -0.141. The first-order valence-corrected chi connectivity index (χ1v) is 5.51. The van der Waals surface area contributed by atoms with Crippen molar-refractivity contribution in [2.24, 2.45) is 0 Å². The molecule has 0 saturated carbocycles. The molecule has 0 spiro atoms. The molecular weight excluding hydrogens is 240 g/mol. The number of likely N-dealkylation sites (tertiary alicyclic amines) is 1. The van der Waals surface area contributed by atoms with E-state index in [0.717, 1.165) is 0 Å². The molecule has 1 fully saturated rings. The smallest absolute Gasteiger partial charge is 0.326 e. The number of hydrogen-bond donors (Lipinski definition) is 1. The summed E-state index contributed by atoms with van der Waals surface area (Å²) in [5, 5.41) is 9.12. The molecule has 0 bridgehead atoms. The van der Waals surface area contributed by atoms with E-state index >= 15 is 0 Å². The molecule has 1 aliphatic heterocycles. The van der Waals surface area contributed by atoms with E-state index in [1.165, 1.54) is 18.4 Å². The summed E-state index contributed by atoms with van der Waals surface area (Å²) < 4.78 is 10.1. The Morgan fingerprint density at radius 2 is 2.33 bits per heavy atom. The van der Waals surface area contributed by atoms with Crippen molar-refractivity contribution in [2.45, 2.75) is 25.5 Å². The summed E-state index contributed by atoms with van der Waals surface area (Å²) in [4.78, 5) is 28.4. The molecule has 1 amide bonds. The lowest BCUT2D eigenvalue weighted by atomic mass is 10.2. The van der Waals surface area contributed by atoms with Crippen LogP contribution >= 0.6 is 0 Å². The van der Waals surface area contributed by atoms with Crippen LogP contribution in [0.2, 0.25) is 0 Å². The van der Waals surface area contributed by atoms with E-state index in [4.69, 9.17) is 14.3 Å². The number of carbonyl (C=O) groups excluding carboxylic acids is 1. The van der Waals surface area contributed by atoms with Crippen LogP contribution in [0.1, 0.15) is 22.7 Å². The molecule has 98 valence electrons. The maximum Gasteiger partial charge on any atom is 0.326 e. The minimum Gasteiger partial charge on any atom is -0.480 e. The van der Waals surface area contributed by atoms with Gasteiger partial charge in [0.15, 0.2) is 6.39 Å². The quantitative estimate of drug-likeness (QED) is 0.833. The van der Waals surface area contributed by atoms with Gasteiger partial charge in [-0.05, 0) is 6.92 Å². The highest BCUT2D eigenvalue weighted by atomic mass is 16.5. The molecule has 0 aliphatic carbocycles. The number of carbonyl (C=O) groups is 2. The predicted molar refractivity (Wildman–Crippen MR) is 59.1 cm³/mol. The summed E-state index contributed by atoms with van der Waals surface area (Å²) in [6.45, 7) is 1.88. The average Bonchev–Trinajstić information content (AvgIpc) is 2.93. The fourth-order valence-corrected chi connectivity index (χ4v) is 2.06. The van der Waals surface area contributed by atoms with Crippen LogP contribution in [0.3, 0.4) is 0 Å². The second-order valence-electron chi connectivity index (χ2n) is 4.17. The van der Waals surface area contributed by atoms with Crippen molar-refractivity contribution in [2.75, 3.05) is 13.7 Å². The molecular formula is C11H14N2O5. The lowest BCUT2D eigenvalue weighted by Crippen LogP contribution is -2.40. The third kappa shape index (κ3) is 2.08. The Bertz CT molecular complexity index is 470. The number of aryl methyl sites for hydroxylation is 1. The summed E-state index contributed by atoms with van der Waals surface area (Å²) in [7, 11) is 1.50. The molecule has 18 heavy (non-hydrogen) atoms. The summed E-state index contributed by atoms with van der Waals surface area (Å²) in [6, 6.07) is -0.882. The van der Waals surface area contributed by atoms with E-state index in [1.807, 2.05) is 0 Å². The van der Waals surface area contributed by atoms with Crippen molar-refractivity contribution in [1.29, 1.82) is 0 Å². The molecule has 1 aromatic rings. The van der Waals surface area contributed by atoms with Gasteiger partial charge in [0.25, 0.3) is 5.91 Å². The molecule has 1 aromatic heterocycles. The Kier molecular flexibility index (Phi) is 3.33. The normalized spacial score (nSPS) is 23.3. The lowest BCUT2D eigenvalue weighted by Gasteiger charge is -2.19. The van der Waals surface area contributed by atoms with Gasteiger partial charge in [-0.15, -0.1) is 0 Å². The highest BCUT2D eigenvalue weighted by Gasteiger charge is 2.41. The standard InChI is InChI=1S/C11H14N2O5/c1-6-9(18-5-12-6)10(14)13-4-7(17-2)3-8(13)11(15)16/h5,7-8H,3-4H2,1-2H3,(H,15,16). The van der Waals surface area contributed by atoms with Gasteiger partial charge in [-0.3, -0.25) is 4.79 Å². The minimum absolute atomic E-state index is 0.0815. The number of amides is 1. The van der Waals surface area contributed by atoms with Gasteiger partial charge in [0.2, 0.25) is 5.76 Å². The molecule has 1 N–H and O–H groups in total. The third-order valence-corrected chi connectivity index (χ3v) is 3.08. The van der Waals surface area contributed by atoms with Gasteiger partial charge in [-0.1, -0.05) is 0 Å². The summed E-state index contributed by atoms with van der Waals surface area (Å²) in [6.07, 6.45) is 1.19. The van der Waals surface area contributed by atoms with Crippen LogP contribution < -0.4 is 0 Å². The Morgan fingerprint density at radius 1 is 1.61 bits per heavy atom. The maximum atomic E-state index is 12.2. The number of carboxylic acid groups (broad SMARTS) is 1. The van der Waals surface area contributed by atoms with Gasteiger partial charge in [0.05, 0.1) is 11.8 Å². The monoisotopic (exact) mass is 254 g/mol. The fourth-order valence-electron chi connectivity index (χ4n) is 2.06. The zero-order chi connectivity index (χ0) is 13.3. The summed E-state index contributed by atoms with van der Waals surface area (Å²) in [5.74, 6) is -1.42. The second kappa shape index (κ2) is 4.77. The summed E-state index contributed by atoms with van der Waals surface area (Å²) >= 11 is 0. The summed E-state index contributed by atoms with van der Waals surface area (Å²) in [5.41, 5.74) is 0.449. The van der Waals surface area contributed by atoms with E-state index in [9.17, 15) is 9.59 Å². The van der Waals surface area contributed by atoms with Crippen LogP contribution in [0.25, 0.3) is 0 Å². The predicted octanol–water partition coefficient (Wildman–Crippen LogP) is 0.297. The van der Waals surface area contributed by atoms with Crippen molar-refractivity contribution in [1.82, 2.24) is 9.88 Å². The Hall–Kier alpha value is -1.89. The van der Waals surface area contributed by atoms with Crippen molar-refractivity contribution in [3.8, 4) is 0 Å². The van der Waals surface area contributed by atoms with E-state index in [1.54, 1.807) is 6.92 Å². The van der Waals surface area contributed by atoms with Gasteiger partial charge >= 0.3 is 5.97 Å². The van der Waals surface area contributed by atoms with Crippen molar-refractivity contribution in [3.05, 3.63) is 17.8 Å². The number of hydrogen-bond acceptors (Lipinski definition) is 5. The van der Waals surface area contributed by atoms with Gasteiger partial charge in [0.1, 0.15) is 6.04 Å². The van der Waals surface area contributed by atoms with Crippen molar-refractivity contribution < 1.29 is 23.8 Å². The molecule has 2 heterocycles. The first-order valence-electron chi connectivity index (χ1n) is 5.51. The molecule has 0 radical (unpaired) electrons. The van der Waals surface area contributed by atoms with Gasteiger partial charge in [-0.25, -0.2) is 9.78 Å². The third-order valence-electron chi connectivity index (χ3n) is 3.08. The Morgan fingerprint density at radius 3 is 2.83 bits per heavy atom. The van der Waals surface area contributed by atoms with Crippen LogP contribution in [0.4, 0.5) is 0 Å². The number of aromatic nitrogens is 1.